The Hall–Kier alpha value is -2.24. The summed E-state index contributed by atoms with van der Waals surface area (Å²) in [5, 5.41) is 8.74. The maximum Gasteiger partial charge on any atom is 0.159 e. The summed E-state index contributed by atoms with van der Waals surface area (Å²) in [4.78, 5) is 9.19. The van der Waals surface area contributed by atoms with Crippen LogP contribution in [0.5, 0.6) is 0 Å². The highest BCUT2D eigenvalue weighted by Gasteiger charge is 2.23. The Kier molecular flexibility index (Phi) is 3.59. The van der Waals surface area contributed by atoms with Crippen LogP contribution in [0, 0.1) is 0 Å². The number of aromatic nitrogens is 4. The molecule has 0 saturated heterocycles. The first kappa shape index (κ1) is 14.4. The van der Waals surface area contributed by atoms with E-state index in [-0.39, 0.29) is 5.88 Å². The first-order valence-corrected chi connectivity index (χ1v) is 7.95. The van der Waals surface area contributed by atoms with Gasteiger partial charge in [-0.2, -0.15) is 0 Å². The molecule has 0 aliphatic carbocycles. The molecule has 5 nitrogen and oxygen atoms in total. The number of nitrogens with zero attached hydrogens (tertiary/aromatic N) is 5. The van der Waals surface area contributed by atoms with Gasteiger partial charge in [0.1, 0.15) is 17.4 Å². The van der Waals surface area contributed by atoms with Gasteiger partial charge in [-0.25, -0.2) is 4.98 Å². The zero-order valence-corrected chi connectivity index (χ0v) is 13.5. The van der Waals surface area contributed by atoms with Crippen LogP contribution in [-0.2, 0) is 12.4 Å². The van der Waals surface area contributed by atoms with Crippen LogP contribution in [0.2, 0.25) is 5.15 Å². The van der Waals surface area contributed by atoms with Crippen molar-refractivity contribution in [3.8, 4) is 5.69 Å². The van der Waals surface area contributed by atoms with Crippen LogP contribution in [-0.4, -0.2) is 25.5 Å². The second kappa shape index (κ2) is 5.76. The molecule has 114 valence electrons. The highest BCUT2D eigenvalue weighted by Crippen LogP contribution is 2.26. The van der Waals surface area contributed by atoms with Gasteiger partial charge in [0.2, 0.25) is 0 Å². The Labute approximate surface area is 142 Å². The number of hydrogen-bond acceptors (Lipinski definition) is 4. The number of hydrogen-bond donors (Lipinski definition) is 0. The monoisotopic (exact) mass is 343 g/mol. The molecule has 0 N–H and O–H groups in total. The molecule has 1 aliphatic rings. The van der Waals surface area contributed by atoms with E-state index in [4.69, 9.17) is 28.2 Å². The van der Waals surface area contributed by atoms with E-state index < -0.39 is 0 Å². The molecule has 0 fully saturated rings. The SMILES string of the molecule is ClCc1nnc2n1-c1ccc(Cl)nc1C(c1ccccc1)=NC2. The third kappa shape index (κ3) is 2.42. The van der Waals surface area contributed by atoms with Crippen molar-refractivity contribution in [2.75, 3.05) is 0 Å². The van der Waals surface area contributed by atoms with Crippen LogP contribution in [0.15, 0.2) is 47.5 Å². The van der Waals surface area contributed by atoms with Gasteiger partial charge in [0.15, 0.2) is 11.6 Å². The lowest BCUT2D eigenvalue weighted by molar-refractivity contribution is 0.857. The summed E-state index contributed by atoms with van der Waals surface area (Å²) in [5.41, 5.74) is 3.31. The number of halogens is 2. The van der Waals surface area contributed by atoms with Crippen molar-refractivity contribution in [1.82, 2.24) is 19.7 Å². The van der Waals surface area contributed by atoms with Crippen molar-refractivity contribution < 1.29 is 0 Å². The van der Waals surface area contributed by atoms with Gasteiger partial charge in [-0.1, -0.05) is 41.9 Å². The standard InChI is InChI=1S/C16H11Cl2N5/c17-8-13-21-22-14-9-19-15(10-4-2-1-3-5-10)16-11(23(13)14)6-7-12(18)20-16/h1-7H,8-9H2. The molecule has 23 heavy (non-hydrogen) atoms. The van der Waals surface area contributed by atoms with Crippen LogP contribution in [0.3, 0.4) is 0 Å². The van der Waals surface area contributed by atoms with E-state index in [1.807, 2.05) is 41.0 Å². The Balaban J connectivity index is 2.00. The molecule has 1 aliphatic heterocycles. The highest BCUT2D eigenvalue weighted by atomic mass is 35.5. The topological polar surface area (TPSA) is 56.0 Å². The van der Waals surface area contributed by atoms with E-state index in [2.05, 4.69) is 15.2 Å². The van der Waals surface area contributed by atoms with Gasteiger partial charge in [-0.05, 0) is 12.1 Å². The Bertz CT molecular complexity index is 902. The fourth-order valence-electron chi connectivity index (χ4n) is 2.65. The maximum atomic E-state index is 6.12. The van der Waals surface area contributed by atoms with E-state index in [9.17, 15) is 0 Å². The molecule has 7 heteroatoms. The van der Waals surface area contributed by atoms with Gasteiger partial charge in [-0.3, -0.25) is 9.56 Å². The first-order valence-electron chi connectivity index (χ1n) is 7.04. The summed E-state index contributed by atoms with van der Waals surface area (Å²) in [6, 6.07) is 13.6. The molecule has 0 atom stereocenters. The molecular formula is C16H11Cl2N5. The van der Waals surface area contributed by atoms with Crippen molar-refractivity contribution in [3.63, 3.8) is 0 Å². The van der Waals surface area contributed by atoms with Crippen LogP contribution < -0.4 is 0 Å². The lowest BCUT2D eigenvalue weighted by Gasteiger charge is -2.12. The van der Waals surface area contributed by atoms with Gasteiger partial charge >= 0.3 is 0 Å². The van der Waals surface area contributed by atoms with E-state index in [1.54, 1.807) is 6.07 Å². The van der Waals surface area contributed by atoms with Gasteiger partial charge in [0, 0.05) is 5.56 Å². The minimum atomic E-state index is 0.260. The predicted molar refractivity (Wildman–Crippen MR) is 89.5 cm³/mol. The van der Waals surface area contributed by atoms with Crippen LogP contribution in [0.25, 0.3) is 5.69 Å². The van der Waals surface area contributed by atoms with E-state index in [1.165, 1.54) is 0 Å². The molecule has 1 aromatic carbocycles. The highest BCUT2D eigenvalue weighted by molar-refractivity contribution is 6.30. The molecule has 0 unspecified atom stereocenters. The van der Waals surface area contributed by atoms with Crippen LogP contribution in [0.1, 0.15) is 22.9 Å². The molecule has 4 rings (SSSR count). The lowest BCUT2D eigenvalue weighted by Crippen LogP contribution is -2.11. The largest absolute Gasteiger partial charge is 0.278 e. The average Bonchev–Trinajstić information content (AvgIpc) is 2.92. The molecular weight excluding hydrogens is 333 g/mol. The second-order valence-electron chi connectivity index (χ2n) is 5.03. The number of alkyl halides is 1. The summed E-state index contributed by atoms with van der Waals surface area (Å²) in [6.45, 7) is 0.405. The van der Waals surface area contributed by atoms with Gasteiger partial charge < -0.3 is 0 Å². The van der Waals surface area contributed by atoms with Crippen molar-refractivity contribution in [1.29, 1.82) is 0 Å². The molecule has 0 amide bonds. The zero-order valence-electron chi connectivity index (χ0n) is 11.9. The molecule has 0 radical (unpaired) electrons. The predicted octanol–water partition coefficient (Wildman–Crippen LogP) is 3.41. The van der Waals surface area contributed by atoms with Gasteiger partial charge in [0.25, 0.3) is 0 Å². The maximum absolute atomic E-state index is 6.12. The molecule has 3 heterocycles. The Morgan fingerprint density at radius 3 is 2.65 bits per heavy atom. The number of fused-ring (bicyclic) bond motifs is 3. The summed E-state index contributed by atoms with van der Waals surface area (Å²) in [5.74, 6) is 1.66. The number of rotatable bonds is 2. The Morgan fingerprint density at radius 2 is 1.87 bits per heavy atom. The Morgan fingerprint density at radius 1 is 1.04 bits per heavy atom. The number of benzene rings is 1. The van der Waals surface area contributed by atoms with Crippen molar-refractivity contribution in [2.24, 2.45) is 4.99 Å². The summed E-state index contributed by atoms with van der Waals surface area (Å²) in [7, 11) is 0. The van der Waals surface area contributed by atoms with Gasteiger partial charge in [-0.15, -0.1) is 21.8 Å². The van der Waals surface area contributed by atoms with E-state index in [0.717, 1.165) is 22.8 Å². The molecule has 0 saturated carbocycles. The van der Waals surface area contributed by atoms with Gasteiger partial charge in [0.05, 0.1) is 17.3 Å². The van der Waals surface area contributed by atoms with Crippen molar-refractivity contribution in [3.05, 3.63) is 70.5 Å². The summed E-state index contributed by atoms with van der Waals surface area (Å²) >= 11 is 12.1. The number of aliphatic imine (C=N–C) groups is 1. The number of pyridine rings is 1. The third-order valence-electron chi connectivity index (χ3n) is 3.65. The first-order chi connectivity index (χ1) is 11.3. The quantitative estimate of drug-likeness (QED) is 0.529. The average molecular weight is 344 g/mol. The van der Waals surface area contributed by atoms with E-state index >= 15 is 0 Å². The minimum absolute atomic E-state index is 0.260. The van der Waals surface area contributed by atoms with Crippen LogP contribution >= 0.6 is 23.2 Å². The summed E-state index contributed by atoms with van der Waals surface area (Å²) in [6.07, 6.45) is 0. The zero-order chi connectivity index (χ0) is 15.8. The molecule has 2 aromatic heterocycles. The molecule has 0 spiro atoms. The fourth-order valence-corrected chi connectivity index (χ4v) is 2.97. The van der Waals surface area contributed by atoms with Crippen molar-refractivity contribution in [2.45, 2.75) is 12.4 Å². The normalized spacial score (nSPS) is 13.0. The molecule has 3 aromatic rings. The fraction of sp³-hybridized carbons (Fsp3) is 0.125. The summed E-state index contributed by atoms with van der Waals surface area (Å²) < 4.78 is 1.91. The minimum Gasteiger partial charge on any atom is -0.278 e. The molecule has 0 bridgehead atoms. The second-order valence-corrected chi connectivity index (χ2v) is 5.69. The third-order valence-corrected chi connectivity index (χ3v) is 4.10. The van der Waals surface area contributed by atoms with E-state index in [0.29, 0.717) is 23.2 Å². The van der Waals surface area contributed by atoms with Crippen LogP contribution in [0.4, 0.5) is 0 Å². The smallest absolute Gasteiger partial charge is 0.159 e. The van der Waals surface area contributed by atoms with Crippen molar-refractivity contribution >= 4 is 28.9 Å². The lowest BCUT2D eigenvalue weighted by atomic mass is 10.1.